The fourth-order valence-corrected chi connectivity index (χ4v) is 11.5. The summed E-state index contributed by atoms with van der Waals surface area (Å²) in [6, 6.07) is 51.3. The molecule has 0 spiro atoms. The molecule has 1 heterocycles. The topological polar surface area (TPSA) is 66.4 Å². The number of hydrogen-bond acceptors (Lipinski definition) is 4. The monoisotopic (exact) mass is 702 g/mol. The van der Waals surface area contributed by atoms with Crippen LogP contribution in [0.2, 0.25) is 0 Å². The maximum atomic E-state index is 12.7. The summed E-state index contributed by atoms with van der Waals surface area (Å²) in [6.07, 6.45) is 0. The first-order valence-electron chi connectivity index (χ1n) is 14.9. The van der Waals surface area contributed by atoms with Gasteiger partial charge in [0.2, 0.25) is 0 Å². The summed E-state index contributed by atoms with van der Waals surface area (Å²) in [6.45, 7) is 4.13. The summed E-state index contributed by atoms with van der Waals surface area (Å²) < 4.78 is 45.2. The van der Waals surface area contributed by atoms with E-state index in [1.165, 1.54) is 16.7 Å². The van der Waals surface area contributed by atoms with Crippen molar-refractivity contribution in [2.45, 2.75) is 24.2 Å². The zero-order chi connectivity index (χ0) is 31.9. The molecule has 0 aliphatic carbocycles. The smallest absolute Gasteiger partial charge is 0.744 e. The average molecular weight is 703 g/mol. The quantitative estimate of drug-likeness (QED) is 0.104. The Labute approximate surface area is 329 Å². The van der Waals surface area contributed by atoms with Gasteiger partial charge in [0.25, 0.3) is 0 Å². The second kappa shape index (κ2) is 15.4. The standard InChI is InChI=1S/C39H31O4P2S.2Na/c1-39(2)33-24-15-25-35(44(28-16-7-3-8-17-28)29-18-9-4-10-19-29)37(33)43-38-34(39)26-32(46(40,41)42)27-36(38)45(30-20-11-5-12-21-30)31-22-13-6-14-23-31;;/h3-14,16-27H,1-2H3,(H,40,41,42);;/q-1;2*+1/p-1. The third-order valence-corrected chi connectivity index (χ3v) is 14.0. The van der Waals surface area contributed by atoms with Gasteiger partial charge in [0.05, 0.1) is 4.90 Å². The molecule has 0 saturated heterocycles. The van der Waals surface area contributed by atoms with Gasteiger partial charge in [-0.25, -0.2) is 8.42 Å². The molecule has 0 N–H and O–H groups in total. The molecule has 1 aliphatic rings. The van der Waals surface area contributed by atoms with Crippen molar-refractivity contribution < 1.29 is 76.8 Å². The molecule has 0 aromatic heterocycles. The zero-order valence-electron chi connectivity index (χ0n) is 27.3. The molecule has 0 saturated carbocycles. The largest absolute Gasteiger partial charge is 1.00 e. The summed E-state index contributed by atoms with van der Waals surface area (Å²) in [5.41, 5.74) is 0.862. The van der Waals surface area contributed by atoms with Crippen LogP contribution in [0.5, 0.6) is 11.5 Å². The maximum absolute atomic E-state index is 12.7. The van der Waals surface area contributed by atoms with E-state index >= 15 is 0 Å². The molecular weight excluding hydrogens is 672 g/mol. The second-order valence-corrected chi connectivity index (χ2v) is 17.3. The third-order valence-electron chi connectivity index (χ3n) is 8.35. The Hall–Kier alpha value is -2.11. The van der Waals surface area contributed by atoms with Gasteiger partial charge in [-0.05, 0) is 52.3 Å². The van der Waals surface area contributed by atoms with Crippen LogP contribution in [0.25, 0.3) is 0 Å². The van der Waals surface area contributed by atoms with Crippen molar-refractivity contribution in [3.05, 3.63) is 163 Å². The van der Waals surface area contributed by atoms with Gasteiger partial charge in [-0.2, -0.15) is 18.2 Å². The van der Waals surface area contributed by atoms with E-state index in [1.807, 2.05) is 60.7 Å². The summed E-state index contributed by atoms with van der Waals surface area (Å²) in [5, 5.41) is 6.13. The minimum absolute atomic E-state index is 0. The van der Waals surface area contributed by atoms with E-state index in [0.717, 1.165) is 27.2 Å². The van der Waals surface area contributed by atoms with Crippen LogP contribution in [0, 0.1) is 6.07 Å². The van der Waals surface area contributed by atoms with Gasteiger partial charge < -0.3 is 9.29 Å². The second-order valence-electron chi connectivity index (χ2n) is 11.6. The van der Waals surface area contributed by atoms with E-state index in [9.17, 15) is 13.0 Å². The van der Waals surface area contributed by atoms with Gasteiger partial charge in [-0.1, -0.05) is 148 Å². The minimum atomic E-state index is -4.78. The van der Waals surface area contributed by atoms with Crippen molar-refractivity contribution in [1.29, 1.82) is 0 Å². The van der Waals surface area contributed by atoms with Crippen molar-refractivity contribution >= 4 is 57.8 Å². The van der Waals surface area contributed by atoms with Crippen molar-refractivity contribution in [3.8, 4) is 11.5 Å². The molecule has 0 bridgehead atoms. The average Bonchev–Trinajstić information content (AvgIpc) is 3.07. The first-order valence-corrected chi connectivity index (χ1v) is 19.0. The van der Waals surface area contributed by atoms with Crippen LogP contribution in [-0.4, -0.2) is 13.0 Å². The number of ether oxygens (including phenoxy) is 1. The third kappa shape index (κ3) is 7.20. The van der Waals surface area contributed by atoms with Gasteiger partial charge in [-0.3, -0.25) is 0 Å². The zero-order valence-corrected chi connectivity index (χ0v) is 33.9. The molecule has 48 heavy (non-hydrogen) atoms. The van der Waals surface area contributed by atoms with E-state index < -0.39 is 31.4 Å². The molecule has 0 radical (unpaired) electrons. The van der Waals surface area contributed by atoms with Crippen LogP contribution in [0.15, 0.2) is 150 Å². The molecule has 0 amide bonds. The Bertz CT molecular complexity index is 2050. The van der Waals surface area contributed by atoms with Crippen molar-refractivity contribution in [3.63, 3.8) is 0 Å². The normalized spacial score (nSPS) is 13.0. The van der Waals surface area contributed by atoms with Crippen LogP contribution in [0.4, 0.5) is 0 Å². The number of fused-ring (bicyclic) bond motifs is 2. The maximum Gasteiger partial charge on any atom is 1.00 e. The summed E-state index contributed by atoms with van der Waals surface area (Å²) in [5.74, 6) is 1.36. The minimum Gasteiger partial charge on any atom is -0.744 e. The fraction of sp³-hybridized carbons (Fsp3) is 0.0769. The first kappa shape index (κ1) is 37.2. The number of hydrogen-bond donors (Lipinski definition) is 0. The molecule has 0 fully saturated rings. The van der Waals surface area contributed by atoms with E-state index in [-0.39, 0.29) is 64.0 Å². The predicted molar refractivity (Wildman–Crippen MR) is 189 cm³/mol. The van der Waals surface area contributed by atoms with Gasteiger partial charge in [0.15, 0.2) is 0 Å². The van der Waals surface area contributed by atoms with Crippen molar-refractivity contribution in [1.82, 2.24) is 0 Å². The van der Waals surface area contributed by atoms with Crippen LogP contribution in [0.3, 0.4) is 0 Å². The Balaban J connectivity index is 0.00000225. The SMILES string of the molecule is CC1(C)c2c[c-]cc(P(c3ccccc3)c3ccccc3)c2Oc2c(P(c3ccccc3)c3ccccc3)cc(S(=O)(=O)[O-])cc21.[Na+].[Na+]. The molecule has 4 nitrogen and oxygen atoms in total. The van der Waals surface area contributed by atoms with E-state index in [1.54, 1.807) is 6.07 Å². The van der Waals surface area contributed by atoms with Gasteiger partial charge >= 0.3 is 59.1 Å². The van der Waals surface area contributed by atoms with Gasteiger partial charge in [0.1, 0.15) is 15.9 Å². The van der Waals surface area contributed by atoms with E-state index in [4.69, 9.17) is 4.74 Å². The number of rotatable bonds is 7. The van der Waals surface area contributed by atoms with E-state index in [2.05, 4.69) is 92.7 Å². The number of benzene rings is 6. The molecule has 9 heteroatoms. The Kier molecular flexibility index (Phi) is 11.9. The molecular formula is C39H30Na2O4P2S. The molecule has 0 unspecified atom stereocenters. The fourth-order valence-electron chi connectivity index (χ4n) is 6.09. The predicted octanol–water partition coefficient (Wildman–Crippen LogP) is 0.347. The Morgan fingerprint density at radius 2 is 0.979 bits per heavy atom. The first-order chi connectivity index (χ1) is 22.2. The van der Waals surface area contributed by atoms with Crippen LogP contribution >= 0.6 is 15.8 Å². The van der Waals surface area contributed by atoms with E-state index in [0.29, 0.717) is 16.6 Å². The van der Waals surface area contributed by atoms with Crippen molar-refractivity contribution in [2.24, 2.45) is 0 Å². The summed E-state index contributed by atoms with van der Waals surface area (Å²) >= 11 is 0. The molecule has 6 aromatic rings. The van der Waals surface area contributed by atoms with Crippen molar-refractivity contribution in [2.75, 3.05) is 0 Å². The Morgan fingerprint density at radius 1 is 0.583 bits per heavy atom. The molecule has 228 valence electrons. The molecule has 6 aromatic carbocycles. The summed E-state index contributed by atoms with van der Waals surface area (Å²) in [4.78, 5) is -0.253. The van der Waals surface area contributed by atoms with Crippen LogP contribution in [0.1, 0.15) is 25.0 Å². The Morgan fingerprint density at radius 3 is 1.40 bits per heavy atom. The van der Waals surface area contributed by atoms with Gasteiger partial charge in [-0.15, -0.1) is 5.56 Å². The molecule has 7 rings (SSSR count). The van der Waals surface area contributed by atoms with Crippen LogP contribution < -0.4 is 95.7 Å². The molecule has 0 atom stereocenters. The summed E-state index contributed by atoms with van der Waals surface area (Å²) in [7, 11) is -7.10. The van der Waals surface area contributed by atoms with Gasteiger partial charge in [0, 0.05) is 11.1 Å². The van der Waals surface area contributed by atoms with Crippen LogP contribution in [-0.2, 0) is 15.5 Å². The molecule has 1 aliphatic heterocycles.